The van der Waals surface area contributed by atoms with Gasteiger partial charge in [0.25, 0.3) is 0 Å². The van der Waals surface area contributed by atoms with Gasteiger partial charge in [0, 0.05) is 30.2 Å². The van der Waals surface area contributed by atoms with Crippen LogP contribution in [-0.2, 0) is 6.54 Å². The average Bonchev–Trinajstić information content (AvgIpc) is 3.04. The van der Waals surface area contributed by atoms with Crippen molar-refractivity contribution >= 4 is 0 Å². The predicted molar refractivity (Wildman–Crippen MR) is 80.8 cm³/mol. The molecule has 1 heterocycles. The lowest BCUT2D eigenvalue weighted by Crippen LogP contribution is -2.47. The van der Waals surface area contributed by atoms with Crippen LogP contribution in [0.25, 0.3) is 5.69 Å². The van der Waals surface area contributed by atoms with E-state index in [0.29, 0.717) is 0 Å². The molecular formula is C16H23N3O. The van der Waals surface area contributed by atoms with E-state index in [-0.39, 0.29) is 12.1 Å². The third-order valence-corrected chi connectivity index (χ3v) is 4.06. The maximum atomic E-state index is 9.55. The largest absolute Gasteiger partial charge is 0.394 e. The normalized spacial score (nSPS) is 11.8. The minimum Gasteiger partial charge on any atom is -0.394 e. The van der Waals surface area contributed by atoms with Crippen LogP contribution >= 0.6 is 0 Å². The van der Waals surface area contributed by atoms with Crippen LogP contribution in [0.15, 0.2) is 43.0 Å². The van der Waals surface area contributed by atoms with Gasteiger partial charge in [-0.2, -0.15) is 0 Å². The van der Waals surface area contributed by atoms with Crippen molar-refractivity contribution in [2.24, 2.45) is 0 Å². The molecule has 0 saturated heterocycles. The molecule has 20 heavy (non-hydrogen) atoms. The molecular weight excluding hydrogens is 250 g/mol. The molecule has 2 rings (SSSR count). The number of aliphatic hydroxyl groups excluding tert-OH is 1. The Labute approximate surface area is 120 Å². The van der Waals surface area contributed by atoms with Gasteiger partial charge in [0.15, 0.2) is 0 Å². The zero-order valence-electron chi connectivity index (χ0n) is 12.2. The van der Waals surface area contributed by atoms with Crippen molar-refractivity contribution < 1.29 is 5.11 Å². The SMILES string of the molecule is CCC(CC)(CO)NCc1ccc(-n2ccnc2)cc1. The van der Waals surface area contributed by atoms with Crippen molar-refractivity contribution in [3.63, 3.8) is 0 Å². The molecule has 0 radical (unpaired) electrons. The third-order valence-electron chi connectivity index (χ3n) is 4.06. The summed E-state index contributed by atoms with van der Waals surface area (Å²) in [5, 5.41) is 13.0. The Balaban J connectivity index is 2.01. The van der Waals surface area contributed by atoms with E-state index in [4.69, 9.17) is 0 Å². The van der Waals surface area contributed by atoms with Crippen molar-refractivity contribution in [2.75, 3.05) is 6.61 Å². The first kappa shape index (κ1) is 14.8. The maximum Gasteiger partial charge on any atom is 0.0991 e. The van der Waals surface area contributed by atoms with Crippen molar-refractivity contribution in [2.45, 2.75) is 38.8 Å². The maximum absolute atomic E-state index is 9.55. The molecule has 0 unspecified atom stereocenters. The zero-order chi connectivity index (χ0) is 14.4. The van der Waals surface area contributed by atoms with Crippen molar-refractivity contribution in [3.05, 3.63) is 48.5 Å². The first-order valence-corrected chi connectivity index (χ1v) is 7.16. The second-order valence-corrected chi connectivity index (χ2v) is 5.14. The van der Waals surface area contributed by atoms with Gasteiger partial charge in [0.2, 0.25) is 0 Å². The van der Waals surface area contributed by atoms with Crippen molar-refractivity contribution in [1.29, 1.82) is 0 Å². The van der Waals surface area contributed by atoms with Gasteiger partial charge < -0.3 is 15.0 Å². The summed E-state index contributed by atoms with van der Waals surface area (Å²) in [6, 6.07) is 8.37. The fourth-order valence-corrected chi connectivity index (χ4v) is 2.27. The van der Waals surface area contributed by atoms with Gasteiger partial charge in [-0.1, -0.05) is 26.0 Å². The molecule has 0 saturated carbocycles. The Bertz CT molecular complexity index is 493. The minimum atomic E-state index is -0.164. The Hall–Kier alpha value is -1.65. The summed E-state index contributed by atoms with van der Waals surface area (Å²) in [7, 11) is 0. The Morgan fingerprint density at radius 3 is 2.40 bits per heavy atom. The van der Waals surface area contributed by atoms with Gasteiger partial charge in [-0.25, -0.2) is 4.98 Å². The van der Waals surface area contributed by atoms with E-state index in [9.17, 15) is 5.11 Å². The van der Waals surface area contributed by atoms with Crippen molar-refractivity contribution in [1.82, 2.24) is 14.9 Å². The number of rotatable bonds is 7. The lowest BCUT2D eigenvalue weighted by Gasteiger charge is -2.31. The van der Waals surface area contributed by atoms with Crippen LogP contribution in [-0.4, -0.2) is 26.8 Å². The summed E-state index contributed by atoms with van der Waals surface area (Å²) < 4.78 is 1.98. The van der Waals surface area contributed by atoms with Crippen LogP contribution in [0.4, 0.5) is 0 Å². The Morgan fingerprint density at radius 1 is 1.20 bits per heavy atom. The molecule has 0 amide bonds. The molecule has 0 spiro atoms. The molecule has 1 aromatic carbocycles. The number of hydrogen-bond acceptors (Lipinski definition) is 3. The van der Waals surface area contributed by atoms with Crippen LogP contribution in [0.3, 0.4) is 0 Å². The quantitative estimate of drug-likeness (QED) is 0.815. The van der Waals surface area contributed by atoms with E-state index in [2.05, 4.69) is 48.4 Å². The summed E-state index contributed by atoms with van der Waals surface area (Å²) in [6.45, 7) is 5.16. The third kappa shape index (κ3) is 3.26. The van der Waals surface area contributed by atoms with Crippen LogP contribution in [0.1, 0.15) is 32.3 Å². The second-order valence-electron chi connectivity index (χ2n) is 5.14. The highest BCUT2D eigenvalue weighted by molar-refractivity contribution is 5.34. The van der Waals surface area contributed by atoms with Crippen molar-refractivity contribution in [3.8, 4) is 5.69 Å². The van der Waals surface area contributed by atoms with E-state index in [1.54, 1.807) is 12.5 Å². The molecule has 108 valence electrons. The zero-order valence-corrected chi connectivity index (χ0v) is 12.2. The molecule has 2 aromatic rings. The van der Waals surface area contributed by atoms with Crippen LogP contribution in [0.2, 0.25) is 0 Å². The van der Waals surface area contributed by atoms with Gasteiger partial charge in [0.05, 0.1) is 12.9 Å². The Kier molecular flexibility index (Phi) is 4.93. The van der Waals surface area contributed by atoms with Gasteiger partial charge in [0.1, 0.15) is 0 Å². The monoisotopic (exact) mass is 273 g/mol. The number of nitrogens with one attached hydrogen (secondary N) is 1. The molecule has 2 N–H and O–H groups in total. The predicted octanol–water partition coefficient (Wildman–Crippen LogP) is 2.51. The lowest BCUT2D eigenvalue weighted by atomic mass is 9.93. The molecule has 0 bridgehead atoms. The fourth-order valence-electron chi connectivity index (χ4n) is 2.27. The summed E-state index contributed by atoms with van der Waals surface area (Å²) in [6.07, 6.45) is 7.34. The van der Waals surface area contributed by atoms with Gasteiger partial charge in [-0.15, -0.1) is 0 Å². The molecule has 4 heteroatoms. The molecule has 0 fully saturated rings. The number of aromatic nitrogens is 2. The number of aliphatic hydroxyl groups is 1. The highest BCUT2D eigenvalue weighted by atomic mass is 16.3. The van der Waals surface area contributed by atoms with Gasteiger partial charge >= 0.3 is 0 Å². The van der Waals surface area contributed by atoms with Crippen LogP contribution in [0.5, 0.6) is 0 Å². The van der Waals surface area contributed by atoms with E-state index < -0.39 is 0 Å². The molecule has 0 aliphatic carbocycles. The summed E-state index contributed by atoms with van der Waals surface area (Å²) in [5.41, 5.74) is 2.16. The first-order valence-electron chi connectivity index (χ1n) is 7.16. The topological polar surface area (TPSA) is 50.1 Å². The van der Waals surface area contributed by atoms with E-state index in [1.165, 1.54) is 5.56 Å². The van der Waals surface area contributed by atoms with E-state index in [0.717, 1.165) is 25.1 Å². The average molecular weight is 273 g/mol. The summed E-state index contributed by atoms with van der Waals surface area (Å²) in [4.78, 5) is 4.05. The summed E-state index contributed by atoms with van der Waals surface area (Å²) in [5.74, 6) is 0. The van der Waals surface area contributed by atoms with Crippen LogP contribution < -0.4 is 5.32 Å². The molecule has 0 aliphatic heterocycles. The molecule has 1 aromatic heterocycles. The minimum absolute atomic E-state index is 0.164. The summed E-state index contributed by atoms with van der Waals surface area (Å²) >= 11 is 0. The standard InChI is InChI=1S/C16H23N3O/c1-3-16(4-2,12-20)18-11-14-5-7-15(8-6-14)19-10-9-17-13-19/h5-10,13,18,20H,3-4,11-12H2,1-2H3. The van der Waals surface area contributed by atoms with Crippen LogP contribution in [0, 0.1) is 0 Å². The number of hydrogen-bond donors (Lipinski definition) is 2. The molecule has 4 nitrogen and oxygen atoms in total. The molecule has 0 aliphatic rings. The number of nitrogens with zero attached hydrogens (tertiary/aromatic N) is 2. The highest BCUT2D eigenvalue weighted by Crippen LogP contribution is 2.16. The number of imidazole rings is 1. The van der Waals surface area contributed by atoms with Gasteiger partial charge in [-0.3, -0.25) is 0 Å². The van der Waals surface area contributed by atoms with E-state index >= 15 is 0 Å². The first-order chi connectivity index (χ1) is 9.73. The Morgan fingerprint density at radius 2 is 1.90 bits per heavy atom. The van der Waals surface area contributed by atoms with Gasteiger partial charge in [-0.05, 0) is 30.5 Å². The lowest BCUT2D eigenvalue weighted by molar-refractivity contribution is 0.149. The smallest absolute Gasteiger partial charge is 0.0991 e. The fraction of sp³-hybridized carbons (Fsp3) is 0.438. The number of benzene rings is 1. The van der Waals surface area contributed by atoms with E-state index in [1.807, 2.05) is 10.8 Å². The molecule has 0 atom stereocenters. The highest BCUT2D eigenvalue weighted by Gasteiger charge is 2.23. The second kappa shape index (κ2) is 6.68.